The van der Waals surface area contributed by atoms with Gasteiger partial charge in [-0.1, -0.05) is 25.7 Å². The number of guanidine groups is 1. The molecule has 8 heteroatoms. The molecular formula is C18H33IN6O. The first kappa shape index (κ1) is 21.4. The molecule has 1 atom stereocenters. The molecule has 1 aromatic rings. The van der Waals surface area contributed by atoms with E-state index < -0.39 is 0 Å². The third-order valence-electron chi connectivity index (χ3n) is 5.30. The Labute approximate surface area is 173 Å². The van der Waals surface area contributed by atoms with Crippen LogP contribution in [-0.4, -0.2) is 47.5 Å². The van der Waals surface area contributed by atoms with E-state index in [2.05, 4.69) is 25.7 Å². The Bertz CT molecular complexity index is 570. The number of fused-ring (bicyclic) bond motifs is 1. The molecule has 0 saturated heterocycles. The summed E-state index contributed by atoms with van der Waals surface area (Å²) in [6, 6.07) is 0.339. The zero-order valence-electron chi connectivity index (χ0n) is 16.0. The number of hydrogen-bond donors (Lipinski definition) is 2. The highest BCUT2D eigenvalue weighted by atomic mass is 127. The number of hydrogen-bond acceptors (Lipinski definition) is 4. The summed E-state index contributed by atoms with van der Waals surface area (Å²) in [6.45, 7) is 2.30. The minimum absolute atomic E-state index is 0. The first-order valence-electron chi connectivity index (χ1n) is 9.67. The lowest BCUT2D eigenvalue weighted by molar-refractivity contribution is 0.177. The minimum atomic E-state index is 0. The van der Waals surface area contributed by atoms with Crippen LogP contribution in [0.2, 0.25) is 0 Å². The van der Waals surface area contributed by atoms with Gasteiger partial charge in [0.2, 0.25) is 0 Å². The van der Waals surface area contributed by atoms with Gasteiger partial charge in [0.25, 0.3) is 0 Å². The maximum absolute atomic E-state index is 5.12. The van der Waals surface area contributed by atoms with Crippen molar-refractivity contribution < 1.29 is 4.74 Å². The van der Waals surface area contributed by atoms with Crippen LogP contribution >= 0.6 is 24.0 Å². The van der Waals surface area contributed by atoms with E-state index in [9.17, 15) is 0 Å². The summed E-state index contributed by atoms with van der Waals surface area (Å²) in [7, 11) is 3.51. The van der Waals surface area contributed by atoms with Gasteiger partial charge in [-0.25, -0.2) is 9.67 Å². The van der Waals surface area contributed by atoms with Crippen molar-refractivity contribution >= 4 is 29.9 Å². The maximum Gasteiger partial charge on any atom is 0.191 e. The predicted octanol–water partition coefficient (Wildman–Crippen LogP) is 2.49. The number of halogens is 1. The molecule has 2 aliphatic rings. The molecule has 2 N–H and O–H groups in total. The molecule has 1 aliphatic carbocycles. The lowest BCUT2D eigenvalue weighted by Gasteiger charge is -2.25. The van der Waals surface area contributed by atoms with Crippen LogP contribution in [0.5, 0.6) is 0 Å². The van der Waals surface area contributed by atoms with Crippen molar-refractivity contribution in [3.05, 3.63) is 11.6 Å². The molecular weight excluding hydrogens is 443 g/mol. The number of aromatic nitrogens is 3. The van der Waals surface area contributed by atoms with Crippen LogP contribution in [0.3, 0.4) is 0 Å². The van der Waals surface area contributed by atoms with E-state index in [1.165, 1.54) is 38.5 Å². The van der Waals surface area contributed by atoms with Crippen molar-refractivity contribution in [2.45, 2.75) is 70.6 Å². The van der Waals surface area contributed by atoms with Gasteiger partial charge in [0.1, 0.15) is 12.4 Å². The van der Waals surface area contributed by atoms with E-state index in [4.69, 9.17) is 4.74 Å². The summed E-state index contributed by atoms with van der Waals surface area (Å²) >= 11 is 0. The quantitative estimate of drug-likeness (QED) is 0.274. The number of methoxy groups -OCH3 is 1. The maximum atomic E-state index is 5.12. The zero-order valence-corrected chi connectivity index (χ0v) is 18.4. The SMILES string of the molecule is CN=C(NCCCC1CCCC1)NC1CCc2nc(COC)nn2C1.I. The monoisotopic (exact) mass is 476 g/mol. The predicted molar refractivity (Wildman–Crippen MR) is 114 cm³/mol. The number of rotatable bonds is 7. The first-order chi connectivity index (χ1) is 12.3. The summed E-state index contributed by atoms with van der Waals surface area (Å²) in [6.07, 6.45) is 10.3. The van der Waals surface area contributed by atoms with Crippen molar-refractivity contribution in [3.8, 4) is 0 Å². The second kappa shape index (κ2) is 11.1. The molecule has 0 amide bonds. The summed E-state index contributed by atoms with van der Waals surface area (Å²) in [4.78, 5) is 8.90. The molecule has 0 spiro atoms. The zero-order chi connectivity index (χ0) is 17.5. The summed E-state index contributed by atoms with van der Waals surface area (Å²) in [5.74, 6) is 3.69. The van der Waals surface area contributed by atoms with Gasteiger partial charge in [-0.2, -0.15) is 5.10 Å². The van der Waals surface area contributed by atoms with Gasteiger partial charge in [0.15, 0.2) is 11.8 Å². The van der Waals surface area contributed by atoms with Gasteiger partial charge in [-0.3, -0.25) is 4.99 Å². The molecule has 0 radical (unpaired) electrons. The Hall–Kier alpha value is -0.900. The fraction of sp³-hybridized carbons (Fsp3) is 0.833. The van der Waals surface area contributed by atoms with Crippen LogP contribution in [0, 0.1) is 5.92 Å². The molecule has 7 nitrogen and oxygen atoms in total. The van der Waals surface area contributed by atoms with Gasteiger partial charge >= 0.3 is 0 Å². The van der Waals surface area contributed by atoms with Gasteiger partial charge in [-0.15, -0.1) is 24.0 Å². The van der Waals surface area contributed by atoms with Crippen LogP contribution < -0.4 is 10.6 Å². The third-order valence-corrected chi connectivity index (χ3v) is 5.30. The highest BCUT2D eigenvalue weighted by molar-refractivity contribution is 14.0. The minimum Gasteiger partial charge on any atom is -0.377 e. The van der Waals surface area contributed by atoms with E-state index in [1.807, 2.05) is 11.7 Å². The first-order valence-corrected chi connectivity index (χ1v) is 9.67. The number of aliphatic imine (C=N–C) groups is 1. The van der Waals surface area contributed by atoms with Crippen LogP contribution in [0.4, 0.5) is 0 Å². The van der Waals surface area contributed by atoms with Crippen molar-refractivity contribution in [2.75, 3.05) is 20.7 Å². The molecule has 148 valence electrons. The smallest absolute Gasteiger partial charge is 0.191 e. The molecule has 0 bridgehead atoms. The molecule has 1 aliphatic heterocycles. The fourth-order valence-corrected chi connectivity index (χ4v) is 3.95. The third kappa shape index (κ3) is 6.07. The summed E-state index contributed by atoms with van der Waals surface area (Å²) < 4.78 is 7.13. The average Bonchev–Trinajstić information content (AvgIpc) is 3.26. The Morgan fingerprint density at radius 1 is 1.31 bits per heavy atom. The van der Waals surface area contributed by atoms with E-state index in [-0.39, 0.29) is 24.0 Å². The Kier molecular flexibility index (Phi) is 9.10. The van der Waals surface area contributed by atoms with Crippen molar-refractivity contribution in [3.63, 3.8) is 0 Å². The standard InChI is InChI=1S/C18H32N6O.HI/c1-19-18(20-11-5-8-14-6-3-4-7-14)21-15-9-10-17-22-16(13-25-2)23-24(17)12-15;/h14-15H,3-13H2,1-2H3,(H2,19,20,21);1H. The molecule has 26 heavy (non-hydrogen) atoms. The van der Waals surface area contributed by atoms with Crippen LogP contribution in [0.25, 0.3) is 0 Å². The van der Waals surface area contributed by atoms with Crippen LogP contribution in [-0.2, 0) is 24.3 Å². The summed E-state index contributed by atoms with van der Waals surface area (Å²) in [5.41, 5.74) is 0. The number of aryl methyl sites for hydroxylation is 1. The van der Waals surface area contributed by atoms with Crippen molar-refractivity contribution in [2.24, 2.45) is 10.9 Å². The largest absolute Gasteiger partial charge is 0.377 e. The second-order valence-corrected chi connectivity index (χ2v) is 7.23. The van der Waals surface area contributed by atoms with Gasteiger partial charge in [-0.05, 0) is 25.2 Å². The van der Waals surface area contributed by atoms with Gasteiger partial charge in [0, 0.05) is 33.2 Å². The normalized spacial score (nSPS) is 20.5. The number of ether oxygens (including phenoxy) is 1. The van der Waals surface area contributed by atoms with E-state index in [0.717, 1.165) is 49.5 Å². The van der Waals surface area contributed by atoms with Crippen LogP contribution in [0.1, 0.15) is 56.6 Å². The average molecular weight is 476 g/mol. The Morgan fingerprint density at radius 2 is 2.12 bits per heavy atom. The van der Waals surface area contributed by atoms with E-state index in [1.54, 1.807) is 7.11 Å². The molecule has 1 unspecified atom stereocenters. The van der Waals surface area contributed by atoms with Gasteiger partial charge in [0.05, 0.1) is 6.54 Å². The molecule has 1 fully saturated rings. The molecule has 1 saturated carbocycles. The molecule has 0 aromatic carbocycles. The second-order valence-electron chi connectivity index (χ2n) is 7.23. The Balaban J connectivity index is 0.00000243. The van der Waals surface area contributed by atoms with Crippen molar-refractivity contribution in [1.82, 2.24) is 25.4 Å². The number of nitrogens with one attached hydrogen (secondary N) is 2. The van der Waals surface area contributed by atoms with E-state index in [0.29, 0.717) is 12.6 Å². The van der Waals surface area contributed by atoms with Gasteiger partial charge < -0.3 is 15.4 Å². The number of nitrogens with zero attached hydrogens (tertiary/aromatic N) is 4. The highest BCUT2D eigenvalue weighted by Gasteiger charge is 2.22. The lowest BCUT2D eigenvalue weighted by atomic mass is 10.0. The topological polar surface area (TPSA) is 76.4 Å². The molecule has 2 heterocycles. The van der Waals surface area contributed by atoms with Crippen molar-refractivity contribution in [1.29, 1.82) is 0 Å². The Morgan fingerprint density at radius 3 is 2.85 bits per heavy atom. The highest BCUT2D eigenvalue weighted by Crippen LogP contribution is 2.28. The lowest BCUT2D eigenvalue weighted by Crippen LogP contribution is -2.47. The summed E-state index contributed by atoms with van der Waals surface area (Å²) in [5, 5.41) is 11.5. The fourth-order valence-electron chi connectivity index (χ4n) is 3.95. The molecule has 1 aromatic heterocycles. The van der Waals surface area contributed by atoms with Crippen LogP contribution in [0.15, 0.2) is 4.99 Å². The molecule has 3 rings (SSSR count). The van der Waals surface area contributed by atoms with E-state index >= 15 is 0 Å².